The highest BCUT2D eigenvalue weighted by Gasteiger charge is 2.17. The first-order valence-corrected chi connectivity index (χ1v) is 7.87. The molecule has 0 unspecified atom stereocenters. The lowest BCUT2D eigenvalue weighted by Gasteiger charge is -2.07. The van der Waals surface area contributed by atoms with Gasteiger partial charge in [-0.1, -0.05) is 36.4 Å². The lowest BCUT2D eigenvalue weighted by atomic mass is 10.1. The fourth-order valence-electron chi connectivity index (χ4n) is 2.66. The molecule has 2 aromatic heterocycles. The summed E-state index contributed by atoms with van der Waals surface area (Å²) in [7, 11) is 1.85. The third kappa shape index (κ3) is 1.89. The summed E-state index contributed by atoms with van der Waals surface area (Å²) in [6.45, 7) is 0. The number of fused-ring (bicyclic) bond motifs is 3. The van der Waals surface area contributed by atoms with Gasteiger partial charge in [0.1, 0.15) is 9.09 Å². The van der Waals surface area contributed by atoms with E-state index in [9.17, 15) is 4.79 Å². The SMILES string of the molecule is Cn1ncc2ccc3c(=O)c(I)c(-c4ccccc4)oc3c21. The van der Waals surface area contributed by atoms with Crippen molar-refractivity contribution >= 4 is 44.5 Å². The maximum absolute atomic E-state index is 12.7. The Morgan fingerprint density at radius 1 is 1.14 bits per heavy atom. The largest absolute Gasteiger partial charge is 0.452 e. The minimum Gasteiger partial charge on any atom is -0.452 e. The zero-order valence-electron chi connectivity index (χ0n) is 11.7. The Balaban J connectivity index is 2.20. The maximum Gasteiger partial charge on any atom is 0.206 e. The van der Waals surface area contributed by atoms with E-state index in [2.05, 4.69) is 27.7 Å². The lowest BCUT2D eigenvalue weighted by Crippen LogP contribution is -2.08. The zero-order valence-corrected chi connectivity index (χ0v) is 13.9. The molecule has 22 heavy (non-hydrogen) atoms. The molecule has 2 aromatic carbocycles. The van der Waals surface area contributed by atoms with Crippen molar-refractivity contribution in [3.63, 3.8) is 0 Å². The topological polar surface area (TPSA) is 48.0 Å². The van der Waals surface area contributed by atoms with Gasteiger partial charge in [-0.2, -0.15) is 5.10 Å². The summed E-state index contributed by atoms with van der Waals surface area (Å²) in [5.41, 5.74) is 2.30. The van der Waals surface area contributed by atoms with Crippen LogP contribution >= 0.6 is 22.6 Å². The van der Waals surface area contributed by atoms with Crippen molar-refractivity contribution in [2.75, 3.05) is 0 Å². The van der Waals surface area contributed by atoms with Gasteiger partial charge < -0.3 is 4.42 Å². The Morgan fingerprint density at radius 2 is 1.91 bits per heavy atom. The van der Waals surface area contributed by atoms with Gasteiger partial charge in [0, 0.05) is 18.0 Å². The Labute approximate surface area is 139 Å². The van der Waals surface area contributed by atoms with Crippen molar-refractivity contribution in [3.8, 4) is 11.3 Å². The molecule has 0 amide bonds. The van der Waals surface area contributed by atoms with E-state index in [1.165, 1.54) is 0 Å². The second-order valence-electron chi connectivity index (χ2n) is 5.09. The van der Waals surface area contributed by atoms with Crippen LogP contribution in [-0.2, 0) is 7.05 Å². The standard InChI is InChI=1S/C17H11IN2O2/c1-20-14-11(9-19-20)7-8-12-15(21)13(18)16(22-17(12)14)10-5-3-2-4-6-10/h2-9H,1H3. The molecule has 0 bridgehead atoms. The quantitative estimate of drug-likeness (QED) is 0.453. The van der Waals surface area contributed by atoms with Gasteiger partial charge in [0.15, 0.2) is 11.3 Å². The van der Waals surface area contributed by atoms with Crippen LogP contribution in [0.1, 0.15) is 0 Å². The highest BCUT2D eigenvalue weighted by atomic mass is 127. The molecule has 108 valence electrons. The smallest absolute Gasteiger partial charge is 0.206 e. The number of benzene rings is 2. The molecule has 0 aliphatic rings. The van der Waals surface area contributed by atoms with Crippen LogP contribution in [0.3, 0.4) is 0 Å². The Hall–Kier alpha value is -2.15. The molecule has 4 aromatic rings. The number of rotatable bonds is 1. The van der Waals surface area contributed by atoms with E-state index < -0.39 is 0 Å². The number of nitrogens with zero attached hydrogens (tertiary/aromatic N) is 2. The van der Waals surface area contributed by atoms with Gasteiger partial charge in [-0.05, 0) is 28.7 Å². The van der Waals surface area contributed by atoms with Crippen molar-refractivity contribution in [2.45, 2.75) is 0 Å². The Morgan fingerprint density at radius 3 is 2.68 bits per heavy atom. The molecule has 5 heteroatoms. The predicted molar refractivity (Wildman–Crippen MR) is 94.9 cm³/mol. The maximum atomic E-state index is 12.7. The summed E-state index contributed by atoms with van der Waals surface area (Å²) in [5, 5.41) is 5.79. The molecular formula is C17H11IN2O2. The molecule has 0 aliphatic heterocycles. The number of hydrogen-bond donors (Lipinski definition) is 0. The second-order valence-corrected chi connectivity index (χ2v) is 6.17. The monoisotopic (exact) mass is 402 g/mol. The molecule has 0 aliphatic carbocycles. The van der Waals surface area contributed by atoms with Crippen molar-refractivity contribution in [1.29, 1.82) is 0 Å². The molecule has 0 N–H and O–H groups in total. The van der Waals surface area contributed by atoms with Gasteiger partial charge in [0.05, 0.1) is 11.6 Å². The molecule has 0 fully saturated rings. The van der Waals surface area contributed by atoms with Gasteiger partial charge in [0.2, 0.25) is 5.43 Å². The second kappa shape index (κ2) is 4.95. The van der Waals surface area contributed by atoms with Gasteiger partial charge in [0.25, 0.3) is 0 Å². The van der Waals surface area contributed by atoms with Gasteiger partial charge in [-0.25, -0.2) is 0 Å². The van der Waals surface area contributed by atoms with E-state index >= 15 is 0 Å². The summed E-state index contributed by atoms with van der Waals surface area (Å²) in [6, 6.07) is 13.4. The number of aryl methyl sites for hydroxylation is 1. The normalized spacial score (nSPS) is 11.4. The van der Waals surface area contributed by atoms with Gasteiger partial charge >= 0.3 is 0 Å². The van der Waals surface area contributed by atoms with Crippen LogP contribution in [0.2, 0.25) is 0 Å². The van der Waals surface area contributed by atoms with Crippen LogP contribution in [0.5, 0.6) is 0 Å². The molecule has 0 atom stereocenters. The summed E-state index contributed by atoms with van der Waals surface area (Å²) < 4.78 is 8.48. The molecule has 4 nitrogen and oxygen atoms in total. The number of halogens is 1. The van der Waals surface area contributed by atoms with Crippen molar-refractivity contribution in [3.05, 3.63) is 62.5 Å². The molecule has 2 heterocycles. The summed E-state index contributed by atoms with van der Waals surface area (Å²) in [4.78, 5) is 12.7. The Kier molecular flexibility index (Phi) is 3.04. The van der Waals surface area contributed by atoms with Crippen molar-refractivity contribution in [1.82, 2.24) is 9.78 Å². The lowest BCUT2D eigenvalue weighted by molar-refractivity contribution is 0.614. The highest BCUT2D eigenvalue weighted by Crippen LogP contribution is 2.30. The van der Waals surface area contributed by atoms with Crippen molar-refractivity contribution in [2.24, 2.45) is 7.05 Å². The average Bonchev–Trinajstić information content (AvgIpc) is 2.93. The van der Waals surface area contributed by atoms with E-state index in [-0.39, 0.29) is 5.43 Å². The van der Waals surface area contributed by atoms with Crippen LogP contribution in [0, 0.1) is 3.57 Å². The van der Waals surface area contributed by atoms with E-state index in [4.69, 9.17) is 4.42 Å². The van der Waals surface area contributed by atoms with Crippen LogP contribution in [0.25, 0.3) is 33.2 Å². The average molecular weight is 402 g/mol. The van der Waals surface area contributed by atoms with Crippen LogP contribution in [0.4, 0.5) is 0 Å². The van der Waals surface area contributed by atoms with Gasteiger partial charge in [-0.3, -0.25) is 9.48 Å². The molecular weight excluding hydrogens is 391 g/mol. The third-order valence-corrected chi connectivity index (χ3v) is 4.72. The summed E-state index contributed by atoms with van der Waals surface area (Å²) >= 11 is 2.06. The highest BCUT2D eigenvalue weighted by molar-refractivity contribution is 14.1. The van der Waals surface area contributed by atoms with Crippen LogP contribution < -0.4 is 5.43 Å². The van der Waals surface area contributed by atoms with E-state index in [0.29, 0.717) is 20.3 Å². The predicted octanol–water partition coefficient (Wildman–Crippen LogP) is 3.95. The fraction of sp³-hybridized carbons (Fsp3) is 0.0588. The third-order valence-electron chi connectivity index (χ3n) is 3.74. The van der Waals surface area contributed by atoms with Gasteiger partial charge in [-0.15, -0.1) is 0 Å². The molecule has 0 saturated carbocycles. The van der Waals surface area contributed by atoms with Crippen molar-refractivity contribution < 1.29 is 4.42 Å². The number of hydrogen-bond acceptors (Lipinski definition) is 3. The minimum atomic E-state index is -0.0104. The minimum absolute atomic E-state index is 0.0104. The fourth-order valence-corrected chi connectivity index (χ4v) is 3.37. The summed E-state index contributed by atoms with van der Waals surface area (Å²) in [5.74, 6) is 0.604. The first kappa shape index (κ1) is 13.5. The first-order chi connectivity index (χ1) is 10.7. The molecule has 0 radical (unpaired) electrons. The molecule has 0 spiro atoms. The van der Waals surface area contributed by atoms with E-state index in [1.807, 2.05) is 49.5 Å². The number of aromatic nitrogens is 2. The van der Waals surface area contributed by atoms with Crippen LogP contribution in [-0.4, -0.2) is 9.78 Å². The molecule has 4 rings (SSSR count). The first-order valence-electron chi connectivity index (χ1n) is 6.79. The summed E-state index contributed by atoms with van der Waals surface area (Å²) in [6.07, 6.45) is 1.77. The van der Waals surface area contributed by atoms with E-state index in [0.717, 1.165) is 16.5 Å². The Bertz CT molecular complexity index is 1060. The molecule has 0 saturated heterocycles. The van der Waals surface area contributed by atoms with Crippen LogP contribution in [0.15, 0.2) is 57.9 Å². The van der Waals surface area contributed by atoms with E-state index in [1.54, 1.807) is 10.9 Å². The zero-order chi connectivity index (χ0) is 15.3.